The van der Waals surface area contributed by atoms with Gasteiger partial charge >= 0.3 is 0 Å². The van der Waals surface area contributed by atoms with Gasteiger partial charge in [0.05, 0.1) is 0 Å². The molecule has 1 unspecified atom stereocenters. The van der Waals surface area contributed by atoms with Crippen LogP contribution in [-0.2, 0) is 22.7 Å². The molecule has 1 fully saturated rings. The highest BCUT2D eigenvalue weighted by molar-refractivity contribution is 6.30. The summed E-state index contributed by atoms with van der Waals surface area (Å²) in [5.74, 6) is -0.958. The minimum atomic E-state index is -0.664. The molecule has 2 aliphatic rings. The third-order valence-electron chi connectivity index (χ3n) is 5.91. The summed E-state index contributed by atoms with van der Waals surface area (Å²) >= 11 is 5.89. The number of carbonyl (C=O) groups is 4. The summed E-state index contributed by atoms with van der Waals surface area (Å²) in [5.41, 5.74) is 2.98. The lowest BCUT2D eigenvalue weighted by atomic mass is 10.0. The van der Waals surface area contributed by atoms with Gasteiger partial charge in [-0.2, -0.15) is 0 Å². The molecule has 34 heavy (non-hydrogen) atoms. The largest absolute Gasteiger partial charge is 0.355 e. The molecule has 9 nitrogen and oxygen atoms in total. The Labute approximate surface area is 199 Å². The Bertz CT molecular complexity index is 1320. The van der Waals surface area contributed by atoms with E-state index in [1.165, 1.54) is 4.90 Å². The number of amides is 4. The fourth-order valence-electron chi connectivity index (χ4n) is 4.14. The average Bonchev–Trinajstić information content (AvgIpc) is 3.43. The van der Waals surface area contributed by atoms with Gasteiger partial charge in [-0.25, -0.2) is 0 Å². The van der Waals surface area contributed by atoms with Crippen LogP contribution in [0, 0.1) is 0 Å². The number of fused-ring (bicyclic) bond motifs is 1. The SMILES string of the molecule is O=C1CCC(N2Cc3cc(CNC(=O)c4cc(-c5ccc(Cl)cc5)on4)ccc3C2=O)C(=O)N1. The lowest BCUT2D eigenvalue weighted by molar-refractivity contribution is -0.136. The first-order chi connectivity index (χ1) is 16.4. The molecule has 10 heteroatoms. The second-order valence-electron chi connectivity index (χ2n) is 8.16. The van der Waals surface area contributed by atoms with Crippen LogP contribution in [0.3, 0.4) is 0 Å². The molecular formula is C24H19ClN4O5. The highest BCUT2D eigenvalue weighted by atomic mass is 35.5. The molecule has 172 valence electrons. The maximum absolute atomic E-state index is 12.8. The van der Waals surface area contributed by atoms with Gasteiger partial charge in [-0.15, -0.1) is 0 Å². The van der Waals surface area contributed by atoms with Crippen LogP contribution in [0.4, 0.5) is 0 Å². The molecule has 1 atom stereocenters. The maximum atomic E-state index is 12.8. The highest BCUT2D eigenvalue weighted by Gasteiger charge is 2.39. The number of imide groups is 1. The van der Waals surface area contributed by atoms with Crippen molar-refractivity contribution in [1.82, 2.24) is 20.7 Å². The van der Waals surface area contributed by atoms with Gasteiger partial charge in [0.25, 0.3) is 11.8 Å². The molecule has 0 radical (unpaired) electrons. The number of hydrogen-bond acceptors (Lipinski definition) is 6. The molecule has 0 aliphatic carbocycles. The quantitative estimate of drug-likeness (QED) is 0.544. The predicted octanol–water partition coefficient (Wildman–Crippen LogP) is 2.69. The van der Waals surface area contributed by atoms with E-state index in [0.717, 1.165) is 16.7 Å². The van der Waals surface area contributed by atoms with Crippen molar-refractivity contribution in [2.24, 2.45) is 0 Å². The molecule has 3 heterocycles. The van der Waals surface area contributed by atoms with Gasteiger partial charge < -0.3 is 14.7 Å². The first-order valence-electron chi connectivity index (χ1n) is 10.7. The van der Waals surface area contributed by atoms with Crippen LogP contribution >= 0.6 is 11.6 Å². The monoisotopic (exact) mass is 478 g/mol. The van der Waals surface area contributed by atoms with Gasteiger partial charge in [0.15, 0.2) is 11.5 Å². The number of benzene rings is 2. The summed E-state index contributed by atoms with van der Waals surface area (Å²) in [6.07, 6.45) is 0.513. The zero-order valence-electron chi connectivity index (χ0n) is 17.8. The molecule has 1 aromatic heterocycles. The number of halogens is 1. The highest BCUT2D eigenvalue weighted by Crippen LogP contribution is 2.28. The van der Waals surface area contributed by atoms with E-state index in [2.05, 4.69) is 15.8 Å². The van der Waals surface area contributed by atoms with Crippen LogP contribution in [0.2, 0.25) is 5.02 Å². The number of nitrogens with zero attached hydrogens (tertiary/aromatic N) is 2. The summed E-state index contributed by atoms with van der Waals surface area (Å²) in [7, 11) is 0. The van der Waals surface area contributed by atoms with E-state index in [4.69, 9.17) is 16.1 Å². The van der Waals surface area contributed by atoms with Crippen LogP contribution in [-0.4, -0.2) is 39.7 Å². The smallest absolute Gasteiger partial charge is 0.273 e. The molecule has 2 aromatic carbocycles. The van der Waals surface area contributed by atoms with Gasteiger partial charge in [0, 0.05) is 41.7 Å². The third kappa shape index (κ3) is 4.17. The molecule has 2 N–H and O–H groups in total. The van der Waals surface area contributed by atoms with Crippen LogP contribution in [0.25, 0.3) is 11.3 Å². The van der Waals surface area contributed by atoms with E-state index in [9.17, 15) is 19.2 Å². The molecule has 2 aliphatic heterocycles. The predicted molar refractivity (Wildman–Crippen MR) is 121 cm³/mol. The Morgan fingerprint density at radius 3 is 2.71 bits per heavy atom. The second-order valence-corrected chi connectivity index (χ2v) is 8.59. The van der Waals surface area contributed by atoms with Crippen molar-refractivity contribution in [2.45, 2.75) is 32.0 Å². The molecule has 5 rings (SSSR count). The number of carbonyl (C=O) groups excluding carboxylic acids is 4. The van der Waals surface area contributed by atoms with Gasteiger partial charge in [-0.1, -0.05) is 28.9 Å². The Kier molecular flexibility index (Phi) is 5.62. The molecular weight excluding hydrogens is 460 g/mol. The number of aromatic nitrogens is 1. The van der Waals surface area contributed by atoms with E-state index in [1.807, 2.05) is 6.07 Å². The van der Waals surface area contributed by atoms with Crippen molar-refractivity contribution in [3.8, 4) is 11.3 Å². The summed E-state index contributed by atoms with van der Waals surface area (Å²) in [6.45, 7) is 0.498. The zero-order chi connectivity index (χ0) is 23.8. The molecule has 0 spiro atoms. The van der Waals surface area contributed by atoms with Crippen molar-refractivity contribution >= 4 is 35.2 Å². The standard InChI is InChI=1S/C24H19ClN4O5/c25-16-4-2-14(3-5-16)20-10-18(28-34-20)22(31)26-11-13-1-6-17-15(9-13)12-29(24(17)33)19-7-8-21(30)27-23(19)32/h1-6,9-10,19H,7-8,11-12H2,(H,26,31)(H,27,30,32). The molecule has 0 saturated carbocycles. The summed E-state index contributed by atoms with van der Waals surface area (Å²) in [4.78, 5) is 50.4. The van der Waals surface area contributed by atoms with Crippen molar-refractivity contribution in [2.75, 3.05) is 0 Å². The van der Waals surface area contributed by atoms with E-state index in [1.54, 1.807) is 42.5 Å². The van der Waals surface area contributed by atoms with Crippen LogP contribution in [0.1, 0.15) is 44.8 Å². The van der Waals surface area contributed by atoms with E-state index in [-0.39, 0.29) is 37.0 Å². The maximum Gasteiger partial charge on any atom is 0.273 e. The number of piperidine rings is 1. The van der Waals surface area contributed by atoms with Crippen LogP contribution in [0.5, 0.6) is 0 Å². The van der Waals surface area contributed by atoms with Gasteiger partial charge in [0.2, 0.25) is 11.8 Å². The van der Waals surface area contributed by atoms with Crippen LogP contribution in [0.15, 0.2) is 53.1 Å². The first-order valence-corrected chi connectivity index (χ1v) is 11.0. The summed E-state index contributed by atoms with van der Waals surface area (Å²) in [6, 6.07) is 13.2. The Hall–Kier alpha value is -3.98. The Morgan fingerprint density at radius 2 is 1.94 bits per heavy atom. The Morgan fingerprint density at radius 1 is 1.15 bits per heavy atom. The minimum absolute atomic E-state index is 0.144. The van der Waals surface area contributed by atoms with Crippen LogP contribution < -0.4 is 10.6 Å². The van der Waals surface area contributed by atoms with Gasteiger partial charge in [-0.05, 0) is 47.9 Å². The normalized spacial score (nSPS) is 17.5. The minimum Gasteiger partial charge on any atom is -0.355 e. The van der Waals surface area contributed by atoms with Gasteiger partial charge in [0.1, 0.15) is 6.04 Å². The van der Waals surface area contributed by atoms with Crippen molar-refractivity contribution in [3.63, 3.8) is 0 Å². The van der Waals surface area contributed by atoms with Crippen molar-refractivity contribution < 1.29 is 23.7 Å². The molecule has 3 aromatic rings. The number of nitrogens with one attached hydrogen (secondary N) is 2. The zero-order valence-corrected chi connectivity index (χ0v) is 18.6. The first kappa shape index (κ1) is 21.8. The fraction of sp³-hybridized carbons (Fsp3) is 0.208. The second kappa shape index (κ2) is 8.75. The van der Waals surface area contributed by atoms with E-state index in [0.29, 0.717) is 22.8 Å². The topological polar surface area (TPSA) is 122 Å². The summed E-state index contributed by atoms with van der Waals surface area (Å²) in [5, 5.41) is 9.52. The lowest BCUT2D eigenvalue weighted by Crippen LogP contribution is -2.52. The molecule has 4 amide bonds. The van der Waals surface area contributed by atoms with Crippen molar-refractivity contribution in [1.29, 1.82) is 0 Å². The summed E-state index contributed by atoms with van der Waals surface area (Å²) < 4.78 is 5.27. The number of rotatable bonds is 5. The average molecular weight is 479 g/mol. The Balaban J connectivity index is 1.23. The molecule has 1 saturated heterocycles. The third-order valence-corrected chi connectivity index (χ3v) is 6.16. The molecule has 0 bridgehead atoms. The lowest BCUT2D eigenvalue weighted by Gasteiger charge is -2.29. The van der Waals surface area contributed by atoms with E-state index >= 15 is 0 Å². The van der Waals surface area contributed by atoms with E-state index < -0.39 is 17.9 Å². The fourth-order valence-corrected chi connectivity index (χ4v) is 4.27. The van der Waals surface area contributed by atoms with Gasteiger partial charge in [-0.3, -0.25) is 24.5 Å². The van der Waals surface area contributed by atoms with Crippen molar-refractivity contribution in [3.05, 3.63) is 75.9 Å². The number of hydrogen-bond donors (Lipinski definition) is 2.